The van der Waals surface area contributed by atoms with Crippen LogP contribution in [0.3, 0.4) is 0 Å². The summed E-state index contributed by atoms with van der Waals surface area (Å²) in [5.74, 6) is 0.372. The monoisotopic (exact) mass is 172 g/mol. The standard InChI is InChI=1S/C8H16N2O2/c1-9-5-8(12)10-4-7(11)6-2-3-6/h6-7,9,11H,2-5H2,1H3,(H,10,12). The predicted molar refractivity (Wildman–Crippen MR) is 45.7 cm³/mol. The van der Waals surface area contributed by atoms with E-state index in [1.54, 1.807) is 7.05 Å². The molecule has 0 aliphatic heterocycles. The smallest absolute Gasteiger partial charge is 0.234 e. The highest BCUT2D eigenvalue weighted by atomic mass is 16.3. The first-order chi connectivity index (χ1) is 5.74. The molecule has 1 aliphatic carbocycles. The molecule has 0 aromatic heterocycles. The molecule has 0 saturated heterocycles. The summed E-state index contributed by atoms with van der Waals surface area (Å²) < 4.78 is 0. The molecule has 70 valence electrons. The van der Waals surface area contributed by atoms with Gasteiger partial charge in [-0.1, -0.05) is 0 Å². The van der Waals surface area contributed by atoms with Gasteiger partial charge in [0.15, 0.2) is 0 Å². The molecule has 1 aliphatic rings. The first-order valence-corrected chi connectivity index (χ1v) is 4.33. The third-order valence-corrected chi connectivity index (χ3v) is 2.01. The van der Waals surface area contributed by atoms with Crippen molar-refractivity contribution in [2.24, 2.45) is 5.92 Å². The zero-order valence-corrected chi connectivity index (χ0v) is 7.34. The summed E-state index contributed by atoms with van der Waals surface area (Å²) in [7, 11) is 1.72. The average molecular weight is 172 g/mol. The van der Waals surface area contributed by atoms with Crippen LogP contribution < -0.4 is 10.6 Å². The van der Waals surface area contributed by atoms with Gasteiger partial charge in [-0.15, -0.1) is 0 Å². The Hall–Kier alpha value is -0.610. The highest BCUT2D eigenvalue weighted by Gasteiger charge is 2.29. The maximum absolute atomic E-state index is 10.9. The molecule has 1 amide bonds. The highest BCUT2D eigenvalue weighted by Crippen LogP contribution is 2.32. The Balaban J connectivity index is 2.03. The van der Waals surface area contributed by atoms with Crippen LogP contribution in [0.5, 0.6) is 0 Å². The van der Waals surface area contributed by atoms with Crippen LogP contribution in [0.2, 0.25) is 0 Å². The van der Waals surface area contributed by atoms with E-state index in [0.717, 1.165) is 12.8 Å². The lowest BCUT2D eigenvalue weighted by atomic mass is 10.2. The van der Waals surface area contributed by atoms with Crippen molar-refractivity contribution < 1.29 is 9.90 Å². The quantitative estimate of drug-likeness (QED) is 0.503. The van der Waals surface area contributed by atoms with Gasteiger partial charge in [-0.2, -0.15) is 0 Å². The Morgan fingerprint density at radius 1 is 1.67 bits per heavy atom. The minimum Gasteiger partial charge on any atom is -0.391 e. The van der Waals surface area contributed by atoms with E-state index in [1.807, 2.05) is 0 Å². The molecule has 0 spiro atoms. The van der Waals surface area contributed by atoms with Gasteiger partial charge >= 0.3 is 0 Å². The van der Waals surface area contributed by atoms with Crippen molar-refractivity contribution in [2.45, 2.75) is 18.9 Å². The third kappa shape index (κ3) is 3.19. The largest absolute Gasteiger partial charge is 0.391 e. The molecule has 1 rings (SSSR count). The van der Waals surface area contributed by atoms with Crippen molar-refractivity contribution in [3.63, 3.8) is 0 Å². The van der Waals surface area contributed by atoms with Gasteiger partial charge < -0.3 is 15.7 Å². The van der Waals surface area contributed by atoms with Gasteiger partial charge in [-0.3, -0.25) is 4.79 Å². The fourth-order valence-corrected chi connectivity index (χ4v) is 1.09. The van der Waals surface area contributed by atoms with Gasteiger partial charge in [0.2, 0.25) is 5.91 Å². The molecule has 0 aromatic rings. The maximum atomic E-state index is 10.9. The molecule has 4 heteroatoms. The summed E-state index contributed by atoms with van der Waals surface area (Å²) >= 11 is 0. The Bertz CT molecular complexity index is 157. The van der Waals surface area contributed by atoms with Crippen LogP contribution >= 0.6 is 0 Å². The molecule has 3 N–H and O–H groups in total. The minimum absolute atomic E-state index is 0.0581. The SMILES string of the molecule is CNCC(=O)NCC(O)C1CC1. The van der Waals surface area contributed by atoms with E-state index >= 15 is 0 Å². The lowest BCUT2D eigenvalue weighted by Crippen LogP contribution is -2.37. The van der Waals surface area contributed by atoms with Gasteiger partial charge in [-0.05, 0) is 25.8 Å². The molecule has 1 fully saturated rings. The fraction of sp³-hybridized carbons (Fsp3) is 0.875. The van der Waals surface area contributed by atoms with Crippen LogP contribution in [0.1, 0.15) is 12.8 Å². The van der Waals surface area contributed by atoms with Crippen LogP contribution in [0, 0.1) is 5.92 Å². The first-order valence-electron chi connectivity index (χ1n) is 4.33. The topological polar surface area (TPSA) is 61.4 Å². The van der Waals surface area contributed by atoms with E-state index in [-0.39, 0.29) is 12.0 Å². The zero-order valence-electron chi connectivity index (χ0n) is 7.34. The minimum atomic E-state index is -0.342. The Kier molecular flexibility index (Phi) is 3.49. The fourth-order valence-electron chi connectivity index (χ4n) is 1.09. The van der Waals surface area contributed by atoms with E-state index in [9.17, 15) is 9.90 Å². The van der Waals surface area contributed by atoms with Crippen LogP contribution in [0.25, 0.3) is 0 Å². The number of likely N-dealkylation sites (N-methyl/N-ethyl adjacent to an activating group) is 1. The number of carbonyl (C=O) groups is 1. The first kappa shape index (κ1) is 9.48. The number of nitrogens with one attached hydrogen (secondary N) is 2. The molecule has 0 bridgehead atoms. The van der Waals surface area contributed by atoms with Gasteiger partial charge in [0.25, 0.3) is 0 Å². The van der Waals surface area contributed by atoms with Crippen LogP contribution in [0.15, 0.2) is 0 Å². The molecule has 0 radical (unpaired) electrons. The van der Waals surface area contributed by atoms with E-state index in [0.29, 0.717) is 19.0 Å². The predicted octanol–water partition coefficient (Wildman–Crippen LogP) is -0.907. The number of rotatable bonds is 5. The lowest BCUT2D eigenvalue weighted by molar-refractivity contribution is -0.120. The molecule has 12 heavy (non-hydrogen) atoms. The Morgan fingerprint density at radius 2 is 2.33 bits per heavy atom. The molecule has 1 atom stereocenters. The molecule has 4 nitrogen and oxygen atoms in total. The number of aliphatic hydroxyl groups excluding tert-OH is 1. The molecule has 0 aromatic carbocycles. The van der Waals surface area contributed by atoms with Crippen molar-refractivity contribution in [3.05, 3.63) is 0 Å². The number of aliphatic hydroxyl groups is 1. The summed E-state index contributed by atoms with van der Waals surface area (Å²) in [6.45, 7) is 0.711. The highest BCUT2D eigenvalue weighted by molar-refractivity contribution is 5.77. The van der Waals surface area contributed by atoms with E-state index in [2.05, 4.69) is 10.6 Å². The number of carbonyl (C=O) groups excluding carboxylic acids is 1. The van der Waals surface area contributed by atoms with Crippen molar-refractivity contribution in [3.8, 4) is 0 Å². The molecule has 1 unspecified atom stereocenters. The number of amides is 1. The van der Waals surface area contributed by atoms with E-state index < -0.39 is 0 Å². The third-order valence-electron chi connectivity index (χ3n) is 2.01. The van der Waals surface area contributed by atoms with Crippen LogP contribution in [-0.4, -0.2) is 37.3 Å². The molecule has 0 heterocycles. The van der Waals surface area contributed by atoms with Gasteiger partial charge in [-0.25, -0.2) is 0 Å². The second-order valence-electron chi connectivity index (χ2n) is 3.24. The van der Waals surface area contributed by atoms with E-state index in [4.69, 9.17) is 0 Å². The molecular formula is C8H16N2O2. The average Bonchev–Trinajstić information content (AvgIpc) is 2.83. The van der Waals surface area contributed by atoms with Gasteiger partial charge in [0.05, 0.1) is 12.6 Å². The summed E-state index contributed by atoms with van der Waals surface area (Å²) in [6.07, 6.45) is 1.86. The summed E-state index contributed by atoms with van der Waals surface area (Å²) in [5, 5.41) is 14.8. The van der Waals surface area contributed by atoms with E-state index in [1.165, 1.54) is 0 Å². The van der Waals surface area contributed by atoms with Crippen molar-refractivity contribution in [1.29, 1.82) is 0 Å². The van der Waals surface area contributed by atoms with Crippen molar-refractivity contribution in [2.75, 3.05) is 20.1 Å². The number of hydrogen-bond acceptors (Lipinski definition) is 3. The zero-order chi connectivity index (χ0) is 8.97. The van der Waals surface area contributed by atoms with Crippen LogP contribution in [-0.2, 0) is 4.79 Å². The maximum Gasteiger partial charge on any atom is 0.234 e. The van der Waals surface area contributed by atoms with Crippen molar-refractivity contribution >= 4 is 5.91 Å². The molecule has 1 saturated carbocycles. The van der Waals surface area contributed by atoms with Crippen LogP contribution in [0.4, 0.5) is 0 Å². The summed E-state index contributed by atoms with van der Waals surface area (Å²) in [6, 6.07) is 0. The van der Waals surface area contributed by atoms with Gasteiger partial charge in [0.1, 0.15) is 0 Å². The Labute approximate surface area is 72.3 Å². The second-order valence-corrected chi connectivity index (χ2v) is 3.24. The second kappa shape index (κ2) is 4.42. The normalized spacial score (nSPS) is 18.8. The summed E-state index contributed by atoms with van der Waals surface area (Å²) in [5.41, 5.74) is 0. The molecular weight excluding hydrogens is 156 g/mol. The Morgan fingerprint density at radius 3 is 2.83 bits per heavy atom. The van der Waals surface area contributed by atoms with Gasteiger partial charge in [0, 0.05) is 6.54 Å². The number of hydrogen-bond donors (Lipinski definition) is 3. The summed E-state index contributed by atoms with van der Waals surface area (Å²) in [4.78, 5) is 10.9. The lowest BCUT2D eigenvalue weighted by Gasteiger charge is -2.09. The van der Waals surface area contributed by atoms with Crippen molar-refractivity contribution in [1.82, 2.24) is 10.6 Å².